The van der Waals surface area contributed by atoms with Crippen LogP contribution in [0.25, 0.3) is 0 Å². The fourth-order valence-corrected chi connectivity index (χ4v) is 2.42. The van der Waals surface area contributed by atoms with Gasteiger partial charge in [-0.15, -0.1) is 0 Å². The Morgan fingerprint density at radius 3 is 2.76 bits per heavy atom. The first kappa shape index (κ1) is 10.5. The highest BCUT2D eigenvalue weighted by atomic mass is 15.3. The molecule has 0 saturated heterocycles. The summed E-state index contributed by atoms with van der Waals surface area (Å²) in [5.74, 6) is 0. The summed E-state index contributed by atoms with van der Waals surface area (Å²) in [6.07, 6.45) is 5.04. The molecular formula is C14H17N3. The maximum absolute atomic E-state index is 4.23. The zero-order valence-electron chi connectivity index (χ0n) is 9.92. The van der Waals surface area contributed by atoms with Gasteiger partial charge in [-0.3, -0.25) is 9.58 Å². The summed E-state index contributed by atoms with van der Waals surface area (Å²) in [5, 5.41) is 4.23. The molecule has 0 saturated carbocycles. The highest BCUT2D eigenvalue weighted by Gasteiger charge is 2.14. The Labute approximate surface area is 102 Å². The molecule has 2 heterocycles. The highest BCUT2D eigenvalue weighted by Crippen LogP contribution is 2.17. The van der Waals surface area contributed by atoms with E-state index >= 15 is 0 Å². The predicted molar refractivity (Wildman–Crippen MR) is 67.7 cm³/mol. The quantitative estimate of drug-likeness (QED) is 0.799. The third kappa shape index (κ3) is 2.39. The Balaban J connectivity index is 1.61. The second-order valence-electron chi connectivity index (χ2n) is 4.56. The molecule has 1 aromatic heterocycles. The molecule has 0 aliphatic carbocycles. The number of rotatable bonds is 3. The molecule has 3 nitrogen and oxygen atoms in total. The Hall–Kier alpha value is -1.61. The van der Waals surface area contributed by atoms with Crippen molar-refractivity contribution in [2.75, 3.05) is 13.1 Å². The second-order valence-corrected chi connectivity index (χ2v) is 4.56. The van der Waals surface area contributed by atoms with Crippen LogP contribution in [-0.4, -0.2) is 27.8 Å². The first-order chi connectivity index (χ1) is 8.42. The molecule has 3 heteroatoms. The molecule has 0 unspecified atom stereocenters. The van der Waals surface area contributed by atoms with Crippen molar-refractivity contribution in [3.05, 3.63) is 53.9 Å². The van der Waals surface area contributed by atoms with Gasteiger partial charge in [-0.2, -0.15) is 5.10 Å². The lowest BCUT2D eigenvalue weighted by Crippen LogP contribution is -2.33. The van der Waals surface area contributed by atoms with Gasteiger partial charge in [0.25, 0.3) is 0 Å². The van der Waals surface area contributed by atoms with Crippen molar-refractivity contribution in [1.29, 1.82) is 0 Å². The van der Waals surface area contributed by atoms with Crippen molar-refractivity contribution in [2.45, 2.75) is 19.5 Å². The minimum atomic E-state index is 0.981. The standard InChI is InChI=1S/C14H17N3/c1-2-5-14-12-16(9-6-13(14)4-1)10-11-17-8-3-7-15-17/h1-5,7-8H,6,9-12H2. The summed E-state index contributed by atoms with van der Waals surface area (Å²) in [6.45, 7) is 4.31. The zero-order chi connectivity index (χ0) is 11.5. The van der Waals surface area contributed by atoms with Crippen LogP contribution in [-0.2, 0) is 19.5 Å². The van der Waals surface area contributed by atoms with E-state index in [0.29, 0.717) is 0 Å². The molecule has 2 aromatic rings. The Bertz CT molecular complexity index is 476. The van der Waals surface area contributed by atoms with Crippen molar-refractivity contribution in [2.24, 2.45) is 0 Å². The van der Waals surface area contributed by atoms with Gasteiger partial charge in [-0.05, 0) is 23.6 Å². The normalized spacial score (nSPS) is 15.8. The van der Waals surface area contributed by atoms with Gasteiger partial charge in [-0.1, -0.05) is 24.3 Å². The molecule has 1 aliphatic rings. The number of aromatic nitrogens is 2. The van der Waals surface area contributed by atoms with Crippen LogP contribution in [0.1, 0.15) is 11.1 Å². The van der Waals surface area contributed by atoms with Crippen LogP contribution in [0, 0.1) is 0 Å². The third-order valence-electron chi connectivity index (χ3n) is 3.41. The highest BCUT2D eigenvalue weighted by molar-refractivity contribution is 5.28. The lowest BCUT2D eigenvalue weighted by atomic mass is 10.00. The van der Waals surface area contributed by atoms with Crippen LogP contribution in [0.4, 0.5) is 0 Å². The van der Waals surface area contributed by atoms with Gasteiger partial charge in [0.2, 0.25) is 0 Å². The Morgan fingerprint density at radius 2 is 1.94 bits per heavy atom. The van der Waals surface area contributed by atoms with E-state index in [1.165, 1.54) is 17.5 Å². The number of fused-ring (bicyclic) bond motifs is 1. The predicted octanol–water partition coefficient (Wildman–Crippen LogP) is 1.94. The molecule has 88 valence electrons. The summed E-state index contributed by atoms with van der Waals surface area (Å²) < 4.78 is 2.00. The smallest absolute Gasteiger partial charge is 0.0536 e. The zero-order valence-corrected chi connectivity index (χ0v) is 9.92. The van der Waals surface area contributed by atoms with Crippen LogP contribution in [0.2, 0.25) is 0 Å². The number of hydrogen-bond acceptors (Lipinski definition) is 2. The van der Waals surface area contributed by atoms with Crippen LogP contribution in [0.15, 0.2) is 42.7 Å². The summed E-state index contributed by atoms with van der Waals surface area (Å²) in [4.78, 5) is 2.50. The molecule has 0 spiro atoms. The maximum Gasteiger partial charge on any atom is 0.0536 e. The van der Waals surface area contributed by atoms with E-state index in [1.54, 1.807) is 0 Å². The SMILES string of the molecule is c1ccc2c(c1)CCN(CCn1cccn1)C2. The fourth-order valence-electron chi connectivity index (χ4n) is 2.42. The first-order valence-corrected chi connectivity index (χ1v) is 6.18. The van der Waals surface area contributed by atoms with Crippen molar-refractivity contribution < 1.29 is 0 Å². The van der Waals surface area contributed by atoms with Crippen molar-refractivity contribution in [3.8, 4) is 0 Å². The molecule has 1 aromatic carbocycles. The van der Waals surface area contributed by atoms with Crippen LogP contribution in [0.5, 0.6) is 0 Å². The summed E-state index contributed by atoms with van der Waals surface area (Å²) in [6, 6.07) is 10.7. The van der Waals surface area contributed by atoms with E-state index in [0.717, 1.165) is 26.2 Å². The van der Waals surface area contributed by atoms with E-state index in [1.807, 2.05) is 23.1 Å². The van der Waals surface area contributed by atoms with E-state index in [9.17, 15) is 0 Å². The fraction of sp³-hybridized carbons (Fsp3) is 0.357. The average molecular weight is 227 g/mol. The van der Waals surface area contributed by atoms with Crippen LogP contribution >= 0.6 is 0 Å². The van der Waals surface area contributed by atoms with Gasteiger partial charge in [0.1, 0.15) is 0 Å². The lowest BCUT2D eigenvalue weighted by molar-refractivity contribution is 0.240. The monoisotopic (exact) mass is 227 g/mol. The van der Waals surface area contributed by atoms with Gasteiger partial charge < -0.3 is 0 Å². The second kappa shape index (κ2) is 4.72. The molecule has 0 bridgehead atoms. The van der Waals surface area contributed by atoms with Gasteiger partial charge in [0, 0.05) is 32.0 Å². The average Bonchev–Trinajstić information content (AvgIpc) is 2.89. The number of benzene rings is 1. The minimum Gasteiger partial charge on any atom is -0.297 e. The molecule has 0 radical (unpaired) electrons. The number of nitrogens with zero attached hydrogens (tertiary/aromatic N) is 3. The van der Waals surface area contributed by atoms with Crippen molar-refractivity contribution in [1.82, 2.24) is 14.7 Å². The molecule has 17 heavy (non-hydrogen) atoms. The molecule has 1 aliphatic heterocycles. The van der Waals surface area contributed by atoms with Crippen LogP contribution in [0.3, 0.4) is 0 Å². The van der Waals surface area contributed by atoms with Gasteiger partial charge >= 0.3 is 0 Å². The van der Waals surface area contributed by atoms with E-state index in [2.05, 4.69) is 34.3 Å². The van der Waals surface area contributed by atoms with Crippen LogP contribution < -0.4 is 0 Å². The Morgan fingerprint density at radius 1 is 1.06 bits per heavy atom. The first-order valence-electron chi connectivity index (χ1n) is 6.18. The molecule has 0 N–H and O–H groups in total. The third-order valence-corrected chi connectivity index (χ3v) is 3.41. The molecule has 0 amide bonds. The van der Waals surface area contributed by atoms with E-state index in [-0.39, 0.29) is 0 Å². The minimum absolute atomic E-state index is 0.981. The van der Waals surface area contributed by atoms with Crippen molar-refractivity contribution >= 4 is 0 Å². The molecular weight excluding hydrogens is 210 g/mol. The summed E-state index contributed by atoms with van der Waals surface area (Å²) in [7, 11) is 0. The van der Waals surface area contributed by atoms with Gasteiger partial charge in [-0.25, -0.2) is 0 Å². The van der Waals surface area contributed by atoms with E-state index < -0.39 is 0 Å². The topological polar surface area (TPSA) is 21.1 Å². The van der Waals surface area contributed by atoms with Gasteiger partial charge in [0.05, 0.1) is 6.54 Å². The Kier molecular flexibility index (Phi) is 2.92. The maximum atomic E-state index is 4.23. The van der Waals surface area contributed by atoms with E-state index in [4.69, 9.17) is 0 Å². The number of hydrogen-bond donors (Lipinski definition) is 0. The van der Waals surface area contributed by atoms with Crippen molar-refractivity contribution in [3.63, 3.8) is 0 Å². The molecule has 0 fully saturated rings. The largest absolute Gasteiger partial charge is 0.297 e. The molecule has 3 rings (SSSR count). The molecule has 0 atom stereocenters. The summed E-state index contributed by atoms with van der Waals surface area (Å²) in [5.41, 5.74) is 3.00. The van der Waals surface area contributed by atoms with Gasteiger partial charge in [0.15, 0.2) is 0 Å². The lowest BCUT2D eigenvalue weighted by Gasteiger charge is -2.28. The summed E-state index contributed by atoms with van der Waals surface area (Å²) >= 11 is 0.